The Bertz CT molecular complexity index is 559. The molecule has 1 N–H and O–H groups in total. The van der Waals surface area contributed by atoms with E-state index in [9.17, 15) is 9.18 Å². The first-order valence-electron chi connectivity index (χ1n) is 5.06. The Kier molecular flexibility index (Phi) is 3.83. The fourth-order valence-corrected chi connectivity index (χ4v) is 2.00. The lowest BCUT2D eigenvalue weighted by Crippen LogP contribution is -2.03. The van der Waals surface area contributed by atoms with E-state index in [1.165, 1.54) is 30.7 Å². The zero-order chi connectivity index (χ0) is 13.0. The molecule has 0 atom stereocenters. The number of nitrogens with one attached hydrogen (secondary N) is 1. The number of carbonyl (C=O) groups is 1. The van der Waals surface area contributed by atoms with Crippen molar-refractivity contribution in [2.45, 2.75) is 6.54 Å². The average Bonchev–Trinajstić information content (AvgIpc) is 2.84. The zero-order valence-electron chi connectivity index (χ0n) is 9.51. The SMILES string of the molecule is COc1ncc(F)cc1CNc1ncc(C=O)s1. The summed E-state index contributed by atoms with van der Waals surface area (Å²) in [6.07, 6.45) is 3.30. The number of methoxy groups -OCH3 is 1. The van der Waals surface area contributed by atoms with Gasteiger partial charge in [0.25, 0.3) is 0 Å². The van der Waals surface area contributed by atoms with Crippen molar-refractivity contribution in [1.29, 1.82) is 0 Å². The third-order valence-corrected chi connectivity index (χ3v) is 3.04. The number of aromatic nitrogens is 2. The van der Waals surface area contributed by atoms with Gasteiger partial charge in [-0.3, -0.25) is 4.79 Å². The van der Waals surface area contributed by atoms with Crippen molar-refractivity contribution < 1.29 is 13.9 Å². The van der Waals surface area contributed by atoms with Crippen LogP contribution in [0.3, 0.4) is 0 Å². The third-order valence-electron chi connectivity index (χ3n) is 2.16. The van der Waals surface area contributed by atoms with Gasteiger partial charge in [-0.1, -0.05) is 11.3 Å². The second-order valence-corrected chi connectivity index (χ2v) is 4.42. The Hall–Kier alpha value is -2.02. The summed E-state index contributed by atoms with van der Waals surface area (Å²) in [7, 11) is 1.47. The van der Waals surface area contributed by atoms with Crippen LogP contribution in [0.25, 0.3) is 0 Å². The van der Waals surface area contributed by atoms with E-state index in [-0.39, 0.29) is 0 Å². The topological polar surface area (TPSA) is 64.1 Å². The van der Waals surface area contributed by atoms with Crippen LogP contribution in [0.2, 0.25) is 0 Å². The lowest BCUT2D eigenvalue weighted by atomic mass is 10.2. The molecule has 0 fully saturated rings. The van der Waals surface area contributed by atoms with E-state index in [2.05, 4.69) is 15.3 Å². The predicted octanol–water partition coefficient (Wildman–Crippen LogP) is 2.11. The van der Waals surface area contributed by atoms with Crippen LogP contribution < -0.4 is 10.1 Å². The first-order chi connectivity index (χ1) is 8.72. The van der Waals surface area contributed by atoms with E-state index in [4.69, 9.17) is 4.74 Å². The number of thiazole rings is 1. The number of nitrogens with zero attached hydrogens (tertiary/aromatic N) is 2. The molecule has 0 radical (unpaired) electrons. The maximum atomic E-state index is 13.1. The van der Waals surface area contributed by atoms with Crippen molar-refractivity contribution in [3.05, 3.63) is 34.7 Å². The summed E-state index contributed by atoms with van der Waals surface area (Å²) >= 11 is 1.22. The van der Waals surface area contributed by atoms with Gasteiger partial charge in [0.05, 0.1) is 24.4 Å². The van der Waals surface area contributed by atoms with Crippen molar-refractivity contribution in [1.82, 2.24) is 9.97 Å². The maximum Gasteiger partial charge on any atom is 0.218 e. The van der Waals surface area contributed by atoms with Crippen molar-refractivity contribution in [2.75, 3.05) is 12.4 Å². The number of aldehydes is 1. The minimum atomic E-state index is -0.430. The van der Waals surface area contributed by atoms with Gasteiger partial charge in [0, 0.05) is 12.1 Å². The molecule has 0 aliphatic rings. The van der Waals surface area contributed by atoms with Gasteiger partial charge in [-0.25, -0.2) is 14.4 Å². The molecule has 2 aromatic rings. The Labute approximate surface area is 107 Å². The highest BCUT2D eigenvalue weighted by atomic mass is 32.1. The van der Waals surface area contributed by atoms with Gasteiger partial charge in [0.2, 0.25) is 5.88 Å². The fraction of sp³-hybridized carbons (Fsp3) is 0.182. The van der Waals surface area contributed by atoms with Crippen LogP contribution in [-0.2, 0) is 6.54 Å². The van der Waals surface area contributed by atoms with Gasteiger partial charge < -0.3 is 10.1 Å². The number of pyridine rings is 1. The molecule has 5 nitrogen and oxygen atoms in total. The van der Waals surface area contributed by atoms with E-state index < -0.39 is 5.82 Å². The van der Waals surface area contributed by atoms with Gasteiger partial charge in [-0.15, -0.1) is 0 Å². The van der Waals surface area contributed by atoms with Gasteiger partial charge >= 0.3 is 0 Å². The summed E-state index contributed by atoms with van der Waals surface area (Å²) in [5, 5.41) is 3.57. The number of ether oxygens (including phenoxy) is 1. The summed E-state index contributed by atoms with van der Waals surface area (Å²) in [6, 6.07) is 1.34. The standard InChI is InChI=1S/C11H10FN3O2S/c1-17-10-7(2-8(12)4-13-10)3-14-11-15-5-9(6-16)18-11/h2,4-6H,3H2,1H3,(H,14,15). The maximum absolute atomic E-state index is 13.1. The Morgan fingerprint density at radius 2 is 2.33 bits per heavy atom. The lowest BCUT2D eigenvalue weighted by Gasteiger charge is -2.07. The Morgan fingerprint density at radius 3 is 3.00 bits per heavy atom. The summed E-state index contributed by atoms with van der Waals surface area (Å²) in [4.78, 5) is 18.9. The summed E-state index contributed by atoms with van der Waals surface area (Å²) in [5.41, 5.74) is 0.584. The molecular weight excluding hydrogens is 257 g/mol. The molecule has 2 heterocycles. The minimum Gasteiger partial charge on any atom is -0.481 e. The minimum absolute atomic E-state index is 0.319. The Balaban J connectivity index is 2.09. The van der Waals surface area contributed by atoms with E-state index in [1.807, 2.05) is 0 Å². The Morgan fingerprint density at radius 1 is 1.50 bits per heavy atom. The number of hydrogen-bond donors (Lipinski definition) is 1. The van der Waals surface area contributed by atoms with Crippen LogP contribution >= 0.6 is 11.3 Å². The largest absolute Gasteiger partial charge is 0.481 e. The summed E-state index contributed by atoms with van der Waals surface area (Å²) < 4.78 is 18.1. The molecule has 94 valence electrons. The van der Waals surface area contributed by atoms with Gasteiger partial charge in [0.1, 0.15) is 5.82 Å². The van der Waals surface area contributed by atoms with E-state index in [0.717, 1.165) is 12.5 Å². The van der Waals surface area contributed by atoms with Gasteiger partial charge in [-0.2, -0.15) is 0 Å². The van der Waals surface area contributed by atoms with Gasteiger partial charge in [0.15, 0.2) is 11.4 Å². The van der Waals surface area contributed by atoms with E-state index in [1.54, 1.807) is 0 Å². The third kappa shape index (κ3) is 2.80. The van der Waals surface area contributed by atoms with Crippen LogP contribution in [0.1, 0.15) is 15.2 Å². The number of hydrogen-bond acceptors (Lipinski definition) is 6. The fourth-order valence-electron chi connectivity index (χ4n) is 1.37. The van der Waals surface area contributed by atoms with Crippen LogP contribution in [0, 0.1) is 5.82 Å². The number of anilines is 1. The van der Waals surface area contributed by atoms with Crippen LogP contribution in [0.15, 0.2) is 18.5 Å². The quantitative estimate of drug-likeness (QED) is 0.840. The normalized spacial score (nSPS) is 10.1. The smallest absolute Gasteiger partial charge is 0.218 e. The highest BCUT2D eigenvalue weighted by Crippen LogP contribution is 2.20. The molecule has 7 heteroatoms. The molecule has 0 saturated heterocycles. The summed E-state index contributed by atoms with van der Waals surface area (Å²) in [5.74, 6) is -0.0728. The van der Waals surface area contributed by atoms with Crippen LogP contribution in [-0.4, -0.2) is 23.4 Å². The molecule has 2 aromatic heterocycles. The van der Waals surface area contributed by atoms with Gasteiger partial charge in [-0.05, 0) is 6.07 Å². The molecule has 0 spiro atoms. The molecule has 0 aliphatic heterocycles. The molecule has 0 aliphatic carbocycles. The van der Waals surface area contributed by atoms with Crippen molar-refractivity contribution in [3.8, 4) is 5.88 Å². The molecule has 2 rings (SSSR count). The highest BCUT2D eigenvalue weighted by molar-refractivity contribution is 7.17. The number of halogens is 1. The molecule has 0 aromatic carbocycles. The molecule has 0 amide bonds. The predicted molar refractivity (Wildman–Crippen MR) is 65.6 cm³/mol. The summed E-state index contributed by atoms with van der Waals surface area (Å²) in [6.45, 7) is 0.319. The van der Waals surface area contributed by atoms with Crippen molar-refractivity contribution >= 4 is 22.8 Å². The zero-order valence-corrected chi connectivity index (χ0v) is 10.3. The molecule has 0 bridgehead atoms. The van der Waals surface area contributed by atoms with Crippen molar-refractivity contribution in [2.24, 2.45) is 0 Å². The van der Waals surface area contributed by atoms with Crippen LogP contribution in [0.4, 0.5) is 9.52 Å². The molecule has 18 heavy (non-hydrogen) atoms. The lowest BCUT2D eigenvalue weighted by molar-refractivity contribution is 0.112. The average molecular weight is 267 g/mol. The van der Waals surface area contributed by atoms with Crippen LogP contribution in [0.5, 0.6) is 5.88 Å². The molecule has 0 saturated carbocycles. The highest BCUT2D eigenvalue weighted by Gasteiger charge is 2.07. The molecule has 0 unspecified atom stereocenters. The van der Waals surface area contributed by atoms with Crippen molar-refractivity contribution in [3.63, 3.8) is 0 Å². The second kappa shape index (κ2) is 5.54. The monoisotopic (exact) mass is 267 g/mol. The first kappa shape index (κ1) is 12.4. The molecular formula is C11H10FN3O2S. The second-order valence-electron chi connectivity index (χ2n) is 3.36. The van der Waals surface area contributed by atoms with E-state index >= 15 is 0 Å². The first-order valence-corrected chi connectivity index (χ1v) is 5.88. The van der Waals surface area contributed by atoms with E-state index in [0.29, 0.717) is 28.0 Å². The number of carbonyl (C=O) groups excluding carboxylic acids is 1. The number of rotatable bonds is 5.